The minimum absolute atomic E-state index is 0.0791. The van der Waals surface area contributed by atoms with Crippen LogP contribution in [0.1, 0.15) is 33.2 Å². The number of rotatable bonds is 8. The van der Waals surface area contributed by atoms with Crippen molar-refractivity contribution in [1.29, 1.82) is 0 Å². The topological polar surface area (TPSA) is 105 Å². The van der Waals surface area contributed by atoms with Gasteiger partial charge in [0.25, 0.3) is 0 Å². The molecule has 0 spiro atoms. The smallest absolute Gasteiger partial charge is 0.407 e. The summed E-state index contributed by atoms with van der Waals surface area (Å²) in [6.07, 6.45) is -1.37. The number of aliphatic carboxylic acids is 1. The monoisotopic (exact) mass is 464 g/mol. The van der Waals surface area contributed by atoms with Crippen molar-refractivity contribution in [3.63, 3.8) is 0 Å². The summed E-state index contributed by atoms with van der Waals surface area (Å²) in [7, 11) is 0. The number of aryl methyl sites for hydroxylation is 1. The number of hydrogen-bond acceptors (Lipinski definition) is 5. The van der Waals surface area contributed by atoms with E-state index in [4.69, 9.17) is 4.74 Å². The molecule has 1 atom stereocenters. The van der Waals surface area contributed by atoms with Crippen molar-refractivity contribution in [2.45, 2.75) is 31.8 Å². The second-order valence-corrected chi connectivity index (χ2v) is 9.22. The lowest BCUT2D eigenvalue weighted by Crippen LogP contribution is -2.47. The summed E-state index contributed by atoms with van der Waals surface area (Å²) in [6.45, 7) is 2.30. The molecule has 3 aromatic rings. The number of alkyl carbamates (subject to hydrolysis) is 1. The van der Waals surface area contributed by atoms with Gasteiger partial charge in [0.15, 0.2) is 0 Å². The molecule has 3 N–H and O–H groups in total. The molecule has 0 aliphatic heterocycles. The molecule has 2 amide bonds. The molecule has 170 valence electrons. The molecule has 7 nitrogen and oxygen atoms in total. The summed E-state index contributed by atoms with van der Waals surface area (Å²) >= 11 is 1.54. The SMILES string of the molecule is Cc1ccc(CNC(=O)C(CC(=O)O)NC(=O)OCC2c3ccccc3-c3ccccc32)s1. The van der Waals surface area contributed by atoms with Crippen LogP contribution in [0.2, 0.25) is 0 Å². The van der Waals surface area contributed by atoms with Crippen molar-refractivity contribution in [1.82, 2.24) is 10.6 Å². The van der Waals surface area contributed by atoms with E-state index < -0.39 is 30.4 Å². The zero-order valence-corrected chi connectivity index (χ0v) is 18.9. The summed E-state index contributed by atoms with van der Waals surface area (Å²) < 4.78 is 5.45. The summed E-state index contributed by atoms with van der Waals surface area (Å²) in [5.74, 6) is -1.89. The standard InChI is InChI=1S/C25H24N2O5S/c1-15-10-11-16(33-15)13-26-24(30)22(12-23(28)29)27-25(31)32-14-21-19-8-4-2-6-17(19)18-7-3-5-9-20(18)21/h2-11,21-22H,12-14H2,1H3,(H,26,30)(H,27,31)(H,28,29). The first-order valence-corrected chi connectivity index (χ1v) is 11.4. The van der Waals surface area contributed by atoms with E-state index in [2.05, 4.69) is 10.6 Å². The molecule has 0 bridgehead atoms. The fourth-order valence-electron chi connectivity index (χ4n) is 4.04. The lowest BCUT2D eigenvalue weighted by atomic mass is 9.98. The van der Waals surface area contributed by atoms with Crippen LogP contribution in [0.25, 0.3) is 11.1 Å². The first kappa shape index (κ1) is 22.5. The minimum atomic E-state index is -1.24. The Kier molecular flexibility index (Phi) is 6.74. The van der Waals surface area contributed by atoms with Crippen LogP contribution in [0.15, 0.2) is 60.7 Å². The van der Waals surface area contributed by atoms with Gasteiger partial charge in [-0.05, 0) is 41.3 Å². The number of carbonyl (C=O) groups is 3. The lowest BCUT2D eigenvalue weighted by Gasteiger charge is -2.18. The average molecular weight is 465 g/mol. The summed E-state index contributed by atoms with van der Waals surface area (Å²) in [5.41, 5.74) is 4.35. The van der Waals surface area contributed by atoms with Gasteiger partial charge in [-0.25, -0.2) is 4.79 Å². The maximum atomic E-state index is 12.5. The molecule has 1 aliphatic rings. The highest BCUT2D eigenvalue weighted by molar-refractivity contribution is 7.11. The Morgan fingerprint density at radius 3 is 2.21 bits per heavy atom. The lowest BCUT2D eigenvalue weighted by molar-refractivity contribution is -0.139. The third-order valence-corrected chi connectivity index (χ3v) is 6.56. The highest BCUT2D eigenvalue weighted by atomic mass is 32.1. The average Bonchev–Trinajstić information content (AvgIpc) is 3.36. The number of hydrogen-bond donors (Lipinski definition) is 3. The van der Waals surface area contributed by atoms with Crippen LogP contribution in [0.4, 0.5) is 4.79 Å². The zero-order chi connectivity index (χ0) is 23.4. The van der Waals surface area contributed by atoms with Crippen molar-refractivity contribution >= 4 is 29.3 Å². The number of carboxylic acid groups (broad SMARTS) is 1. The molecule has 33 heavy (non-hydrogen) atoms. The molecule has 4 rings (SSSR count). The van der Waals surface area contributed by atoms with Crippen LogP contribution < -0.4 is 10.6 Å². The normalized spacial score (nSPS) is 13.0. The van der Waals surface area contributed by atoms with E-state index >= 15 is 0 Å². The molecule has 2 aromatic carbocycles. The molecule has 1 aromatic heterocycles. The van der Waals surface area contributed by atoms with Gasteiger partial charge in [-0.1, -0.05) is 48.5 Å². The van der Waals surface area contributed by atoms with Gasteiger partial charge < -0.3 is 20.5 Å². The summed E-state index contributed by atoms with van der Waals surface area (Å²) in [5, 5.41) is 14.3. The van der Waals surface area contributed by atoms with E-state index in [1.165, 1.54) is 11.3 Å². The highest BCUT2D eigenvalue weighted by Crippen LogP contribution is 2.44. The fraction of sp³-hybridized carbons (Fsp3) is 0.240. The van der Waals surface area contributed by atoms with Crippen LogP contribution in [0.3, 0.4) is 0 Å². The van der Waals surface area contributed by atoms with Crippen LogP contribution in [0.5, 0.6) is 0 Å². The van der Waals surface area contributed by atoms with Crippen LogP contribution >= 0.6 is 11.3 Å². The van der Waals surface area contributed by atoms with Crippen LogP contribution in [0, 0.1) is 6.92 Å². The molecule has 0 saturated heterocycles. The number of thiophene rings is 1. The fourth-order valence-corrected chi connectivity index (χ4v) is 4.87. The van der Waals surface area contributed by atoms with E-state index in [-0.39, 0.29) is 19.1 Å². The second kappa shape index (κ2) is 9.87. The van der Waals surface area contributed by atoms with Crippen molar-refractivity contribution in [3.8, 4) is 11.1 Å². The van der Waals surface area contributed by atoms with Crippen molar-refractivity contribution in [2.75, 3.05) is 6.61 Å². The maximum Gasteiger partial charge on any atom is 0.407 e. The van der Waals surface area contributed by atoms with Crippen molar-refractivity contribution < 1.29 is 24.2 Å². The summed E-state index contributed by atoms with van der Waals surface area (Å²) in [6, 6.07) is 18.5. The van der Waals surface area contributed by atoms with Crippen molar-refractivity contribution in [2.24, 2.45) is 0 Å². The second-order valence-electron chi connectivity index (χ2n) is 7.85. The first-order chi connectivity index (χ1) is 15.9. The van der Waals surface area contributed by atoms with Crippen LogP contribution in [-0.2, 0) is 20.9 Å². The van der Waals surface area contributed by atoms with Gasteiger partial charge in [0.1, 0.15) is 12.6 Å². The Hall–Kier alpha value is -3.65. The Labute approximate surface area is 195 Å². The van der Waals surface area contributed by atoms with Gasteiger partial charge >= 0.3 is 12.1 Å². The third kappa shape index (κ3) is 5.23. The van der Waals surface area contributed by atoms with E-state index in [0.29, 0.717) is 0 Å². The minimum Gasteiger partial charge on any atom is -0.481 e. The van der Waals surface area contributed by atoms with Gasteiger partial charge in [-0.2, -0.15) is 0 Å². The van der Waals surface area contributed by atoms with E-state index in [1.54, 1.807) is 0 Å². The number of nitrogens with one attached hydrogen (secondary N) is 2. The van der Waals surface area contributed by atoms with E-state index in [0.717, 1.165) is 32.0 Å². The highest BCUT2D eigenvalue weighted by Gasteiger charge is 2.30. The van der Waals surface area contributed by atoms with Gasteiger partial charge in [0.2, 0.25) is 5.91 Å². The molecular formula is C25H24N2O5S. The number of benzene rings is 2. The van der Waals surface area contributed by atoms with E-state index in [1.807, 2.05) is 67.6 Å². The van der Waals surface area contributed by atoms with Crippen LogP contribution in [-0.4, -0.2) is 35.7 Å². The summed E-state index contributed by atoms with van der Waals surface area (Å²) in [4.78, 5) is 38.3. The first-order valence-electron chi connectivity index (χ1n) is 10.6. The Morgan fingerprint density at radius 2 is 1.64 bits per heavy atom. The molecular weight excluding hydrogens is 440 g/mol. The quantitative estimate of drug-likeness (QED) is 0.466. The van der Waals surface area contributed by atoms with Gasteiger partial charge in [-0.15, -0.1) is 11.3 Å². The Bertz CT molecular complexity index is 1140. The predicted molar refractivity (Wildman–Crippen MR) is 125 cm³/mol. The molecule has 1 unspecified atom stereocenters. The largest absolute Gasteiger partial charge is 0.481 e. The number of fused-ring (bicyclic) bond motifs is 3. The Balaban J connectivity index is 1.38. The Morgan fingerprint density at radius 1 is 1.00 bits per heavy atom. The van der Waals surface area contributed by atoms with Gasteiger partial charge in [0, 0.05) is 15.7 Å². The van der Waals surface area contributed by atoms with Crippen molar-refractivity contribution in [3.05, 3.63) is 81.5 Å². The molecule has 0 fully saturated rings. The molecule has 8 heteroatoms. The van der Waals surface area contributed by atoms with Gasteiger partial charge in [-0.3, -0.25) is 9.59 Å². The number of carboxylic acids is 1. The molecule has 1 aliphatic carbocycles. The molecule has 0 radical (unpaired) electrons. The number of amides is 2. The predicted octanol–water partition coefficient (Wildman–Crippen LogP) is 4.05. The van der Waals surface area contributed by atoms with E-state index in [9.17, 15) is 19.5 Å². The molecule has 0 saturated carbocycles. The third-order valence-electron chi connectivity index (χ3n) is 5.56. The number of ether oxygens (including phenoxy) is 1. The zero-order valence-electron chi connectivity index (χ0n) is 18.0. The molecule has 1 heterocycles. The maximum absolute atomic E-state index is 12.5. The number of carbonyl (C=O) groups excluding carboxylic acids is 2. The van der Waals surface area contributed by atoms with Gasteiger partial charge in [0.05, 0.1) is 13.0 Å².